The number of hydrogen-bond donors (Lipinski definition) is 0. The Balaban J connectivity index is 0.659. The van der Waals surface area contributed by atoms with Crippen LogP contribution in [0, 0.1) is 0 Å². The van der Waals surface area contributed by atoms with E-state index >= 15 is 0 Å². The Morgan fingerprint density at radius 2 is 0.320 bits per heavy atom. The van der Waals surface area contributed by atoms with Crippen LogP contribution in [0.4, 0.5) is 0 Å². The third-order valence-corrected chi connectivity index (χ3v) is 20.9. The van der Waals surface area contributed by atoms with Crippen molar-refractivity contribution in [3.8, 4) is 168 Å². The lowest BCUT2D eigenvalue weighted by atomic mass is 9.70. The molecule has 2 aliphatic rings. The highest BCUT2D eigenvalue weighted by molar-refractivity contribution is 5.96. The summed E-state index contributed by atoms with van der Waals surface area (Å²) in [6, 6.07) is 143. The molecule has 0 N–H and O–H groups in total. The first-order valence-electron chi connectivity index (χ1n) is 35.3. The SMILES string of the molecule is c1ccc(-c2cccc(-c3cccc(-c4ccc(-c5nc(-c6cccc(-c7cccc(-c8cccc(-c9cccc(-c%10ccccc%10)c9)c8)c7)c6)nc(-c6cccc(-c7cccc(-c8cccc(-c9ccc%10c(c9)C9(c%11ccccc%11-c%11ccccc%119)c9ccccc9-%10)c8)c7)c6)n5)cc4)c3)c2)cc1. The van der Waals surface area contributed by atoms with Gasteiger partial charge in [0.1, 0.15) is 0 Å². The number of hydrogen-bond acceptors (Lipinski definition) is 3. The molecule has 3 heteroatoms. The fourth-order valence-corrected chi connectivity index (χ4v) is 15.9. The molecule has 19 rings (SSSR count). The largest absolute Gasteiger partial charge is 0.208 e. The van der Waals surface area contributed by atoms with Crippen LogP contribution >= 0.6 is 0 Å². The van der Waals surface area contributed by atoms with Crippen molar-refractivity contribution in [2.45, 2.75) is 5.41 Å². The van der Waals surface area contributed by atoms with Crippen LogP contribution in [-0.4, -0.2) is 15.0 Å². The van der Waals surface area contributed by atoms with Gasteiger partial charge in [-0.3, -0.25) is 0 Å². The van der Waals surface area contributed by atoms with Crippen LogP contribution in [0.15, 0.2) is 394 Å². The van der Waals surface area contributed by atoms with Gasteiger partial charge >= 0.3 is 0 Å². The maximum Gasteiger partial charge on any atom is 0.164 e. The lowest BCUT2D eigenvalue weighted by Crippen LogP contribution is -2.25. The van der Waals surface area contributed by atoms with Crippen LogP contribution < -0.4 is 0 Å². The monoisotopic (exact) mass is 1310 g/mol. The smallest absolute Gasteiger partial charge is 0.164 e. The summed E-state index contributed by atoms with van der Waals surface area (Å²) in [6.45, 7) is 0. The molecular formula is C100H65N3. The molecule has 103 heavy (non-hydrogen) atoms. The average molecular weight is 1310 g/mol. The zero-order valence-electron chi connectivity index (χ0n) is 56.4. The third-order valence-electron chi connectivity index (χ3n) is 20.9. The highest BCUT2D eigenvalue weighted by Gasteiger charge is 2.51. The molecule has 1 spiro atoms. The van der Waals surface area contributed by atoms with Crippen molar-refractivity contribution < 1.29 is 0 Å². The van der Waals surface area contributed by atoms with Gasteiger partial charge < -0.3 is 0 Å². The summed E-state index contributed by atoms with van der Waals surface area (Å²) in [6.07, 6.45) is 0. The maximum absolute atomic E-state index is 5.39. The minimum absolute atomic E-state index is 0.413. The summed E-state index contributed by atoms with van der Waals surface area (Å²) >= 11 is 0. The molecule has 0 fully saturated rings. The molecule has 0 unspecified atom stereocenters. The molecule has 0 saturated carbocycles. The number of aromatic nitrogens is 3. The molecule has 17 aromatic rings. The number of rotatable bonds is 13. The van der Waals surface area contributed by atoms with Gasteiger partial charge in [0, 0.05) is 16.7 Å². The van der Waals surface area contributed by atoms with E-state index in [9.17, 15) is 0 Å². The molecule has 0 atom stereocenters. The van der Waals surface area contributed by atoms with Crippen molar-refractivity contribution in [1.82, 2.24) is 15.0 Å². The minimum atomic E-state index is -0.413. The van der Waals surface area contributed by atoms with Gasteiger partial charge in [-0.2, -0.15) is 0 Å². The van der Waals surface area contributed by atoms with Crippen molar-refractivity contribution in [2.24, 2.45) is 0 Å². The van der Waals surface area contributed by atoms with Crippen LogP contribution in [0.25, 0.3) is 168 Å². The third kappa shape index (κ3) is 11.1. The Kier molecular flexibility index (Phi) is 15.1. The van der Waals surface area contributed by atoms with Crippen molar-refractivity contribution >= 4 is 0 Å². The van der Waals surface area contributed by atoms with E-state index in [0.29, 0.717) is 17.5 Å². The molecule has 16 aromatic carbocycles. The molecule has 0 radical (unpaired) electrons. The summed E-state index contributed by atoms with van der Waals surface area (Å²) in [4.78, 5) is 16.1. The summed E-state index contributed by atoms with van der Waals surface area (Å²) in [7, 11) is 0. The second kappa shape index (κ2) is 25.7. The van der Waals surface area contributed by atoms with E-state index in [1.165, 1.54) is 94.6 Å². The van der Waals surface area contributed by atoms with Gasteiger partial charge in [0.2, 0.25) is 0 Å². The molecule has 0 amide bonds. The quantitative estimate of drug-likeness (QED) is 0.115. The second-order valence-corrected chi connectivity index (χ2v) is 27.0. The van der Waals surface area contributed by atoms with Gasteiger partial charge in [-0.15, -0.1) is 0 Å². The van der Waals surface area contributed by atoms with Crippen molar-refractivity contribution in [1.29, 1.82) is 0 Å². The first-order chi connectivity index (χ1) is 51.0. The van der Waals surface area contributed by atoms with E-state index in [1.807, 2.05) is 0 Å². The van der Waals surface area contributed by atoms with Gasteiger partial charge in [0.05, 0.1) is 5.41 Å². The molecule has 0 bridgehead atoms. The number of fused-ring (bicyclic) bond motifs is 10. The van der Waals surface area contributed by atoms with Gasteiger partial charge in [-0.1, -0.05) is 334 Å². The van der Waals surface area contributed by atoms with Crippen molar-refractivity contribution in [2.75, 3.05) is 0 Å². The molecule has 2 aliphatic carbocycles. The Morgan fingerprint density at radius 1 is 0.126 bits per heavy atom. The maximum atomic E-state index is 5.39. The average Bonchev–Trinajstić information content (AvgIpc) is 1.51. The van der Waals surface area contributed by atoms with E-state index in [-0.39, 0.29) is 0 Å². The lowest BCUT2D eigenvalue weighted by Gasteiger charge is -2.30. The summed E-state index contributed by atoms with van der Waals surface area (Å²) in [5.74, 6) is 1.77. The van der Waals surface area contributed by atoms with Crippen LogP contribution in [-0.2, 0) is 5.41 Å². The van der Waals surface area contributed by atoms with E-state index < -0.39 is 5.41 Å². The Hall–Kier alpha value is -13.5. The predicted molar refractivity (Wildman–Crippen MR) is 427 cm³/mol. The fraction of sp³-hybridized carbons (Fsp3) is 0.0100. The normalized spacial score (nSPS) is 12.2. The molecule has 0 saturated heterocycles. The van der Waals surface area contributed by atoms with E-state index in [1.54, 1.807) is 0 Å². The van der Waals surface area contributed by atoms with E-state index in [2.05, 4.69) is 394 Å². The highest BCUT2D eigenvalue weighted by atomic mass is 15.0. The lowest BCUT2D eigenvalue weighted by molar-refractivity contribution is 0.794. The topological polar surface area (TPSA) is 38.7 Å². The summed E-state index contributed by atoms with van der Waals surface area (Å²) in [5, 5.41) is 0. The highest BCUT2D eigenvalue weighted by Crippen LogP contribution is 2.63. The number of benzene rings is 16. The van der Waals surface area contributed by atoms with E-state index in [0.717, 1.165) is 77.9 Å². The molecule has 1 heterocycles. The summed E-state index contributed by atoms with van der Waals surface area (Å²) in [5.41, 5.74) is 35.8. The van der Waals surface area contributed by atoms with Crippen molar-refractivity contribution in [3.63, 3.8) is 0 Å². The summed E-state index contributed by atoms with van der Waals surface area (Å²) < 4.78 is 0. The first-order valence-corrected chi connectivity index (χ1v) is 35.3. The van der Waals surface area contributed by atoms with Gasteiger partial charge in [-0.05, 0) is 216 Å². The van der Waals surface area contributed by atoms with Crippen LogP contribution in [0.3, 0.4) is 0 Å². The molecular weight excluding hydrogens is 1240 g/mol. The molecule has 0 aliphatic heterocycles. The Bertz CT molecular complexity index is 6060. The van der Waals surface area contributed by atoms with E-state index in [4.69, 9.17) is 15.0 Å². The van der Waals surface area contributed by atoms with Crippen LogP contribution in [0.2, 0.25) is 0 Å². The predicted octanol–water partition coefficient (Wildman–Crippen LogP) is 25.9. The standard InChI is InChI=1S/C100H65N3/c1-3-22-66(23-4-1)70-26-13-29-73(56-70)75-31-15-28-72(58-75)68-50-52-69(53-51-68)97-101-98(87-42-20-40-84(63-87)81-37-17-34-78(60-81)77-33-16-32-76(59-77)74-30-14-27-71(57-74)67-24-5-2-6-25-67)103-99(102-97)88-43-21-41-85(64-88)82-38-18-35-79(61-82)80-36-19-39-83(62-80)86-54-55-92-91-46-9-12-49-95(91)100(96(92)65-86)93-47-10-7-44-89(93)90-45-8-11-48-94(90)100/h1-65H. The van der Waals surface area contributed by atoms with Gasteiger partial charge in [0.25, 0.3) is 0 Å². The molecule has 480 valence electrons. The van der Waals surface area contributed by atoms with Gasteiger partial charge in [0.15, 0.2) is 17.5 Å². The van der Waals surface area contributed by atoms with Crippen LogP contribution in [0.1, 0.15) is 22.3 Å². The number of nitrogens with zero attached hydrogens (tertiary/aromatic N) is 3. The fourth-order valence-electron chi connectivity index (χ4n) is 15.9. The minimum Gasteiger partial charge on any atom is -0.208 e. The Morgan fingerprint density at radius 3 is 0.631 bits per heavy atom. The zero-order valence-corrected chi connectivity index (χ0v) is 56.4. The first kappa shape index (κ1) is 60.7. The molecule has 1 aromatic heterocycles. The molecule has 3 nitrogen and oxygen atoms in total. The zero-order chi connectivity index (χ0) is 68.2. The second-order valence-electron chi connectivity index (χ2n) is 27.0. The van der Waals surface area contributed by atoms with Gasteiger partial charge in [-0.25, -0.2) is 15.0 Å². The Labute approximate surface area is 600 Å². The van der Waals surface area contributed by atoms with Crippen LogP contribution in [0.5, 0.6) is 0 Å². The van der Waals surface area contributed by atoms with Crippen molar-refractivity contribution in [3.05, 3.63) is 417 Å².